The molecule has 30 heavy (non-hydrogen) atoms. The molecular formula is C25H24N4O. The minimum Gasteiger partial charge on any atom is -0.377 e. The molecule has 1 atom stereocenters. The van der Waals surface area contributed by atoms with E-state index in [9.17, 15) is 0 Å². The van der Waals surface area contributed by atoms with Crippen molar-refractivity contribution in [2.24, 2.45) is 0 Å². The minimum absolute atomic E-state index is 0.144. The van der Waals surface area contributed by atoms with Crippen LogP contribution in [0.15, 0.2) is 85.1 Å². The van der Waals surface area contributed by atoms with E-state index >= 15 is 0 Å². The van der Waals surface area contributed by atoms with Crippen molar-refractivity contribution in [3.8, 4) is 0 Å². The van der Waals surface area contributed by atoms with E-state index in [1.54, 1.807) is 0 Å². The van der Waals surface area contributed by atoms with Gasteiger partial charge in [-0.3, -0.25) is 0 Å². The molecule has 5 rings (SSSR count). The third-order valence-electron chi connectivity index (χ3n) is 5.66. The van der Waals surface area contributed by atoms with Crippen molar-refractivity contribution in [1.29, 1.82) is 0 Å². The zero-order chi connectivity index (χ0) is 20.3. The molecule has 0 amide bonds. The quantitative estimate of drug-likeness (QED) is 0.487. The molecule has 1 aliphatic rings. The summed E-state index contributed by atoms with van der Waals surface area (Å²) in [5.41, 5.74) is 2.33. The van der Waals surface area contributed by atoms with Crippen LogP contribution in [-0.2, 0) is 4.74 Å². The second-order valence-electron chi connectivity index (χ2n) is 7.47. The van der Waals surface area contributed by atoms with Crippen LogP contribution in [0.3, 0.4) is 0 Å². The number of ether oxygens (including phenoxy) is 1. The number of aromatic nitrogens is 2. The standard InChI is InChI=1S/C25H24N4O/c1-28(22-13-7-11-19-8-5-6-12-21(19)22)25-26-15-14-24(27-25)29-16-17-30-18-23(29)20-9-3-2-4-10-20/h2-15,23H,16-18H2,1H3/t23-/m1/s1. The largest absolute Gasteiger partial charge is 0.377 e. The highest BCUT2D eigenvalue weighted by Crippen LogP contribution is 2.32. The first-order valence-corrected chi connectivity index (χ1v) is 10.2. The molecule has 0 radical (unpaired) electrons. The Morgan fingerprint density at radius 3 is 2.63 bits per heavy atom. The second-order valence-corrected chi connectivity index (χ2v) is 7.47. The zero-order valence-corrected chi connectivity index (χ0v) is 17.0. The van der Waals surface area contributed by atoms with Crippen molar-refractivity contribution in [3.05, 3.63) is 90.6 Å². The fourth-order valence-electron chi connectivity index (χ4n) is 4.10. The van der Waals surface area contributed by atoms with Gasteiger partial charge in [-0.05, 0) is 23.1 Å². The lowest BCUT2D eigenvalue weighted by Crippen LogP contribution is -2.40. The average Bonchev–Trinajstić information content (AvgIpc) is 2.84. The maximum atomic E-state index is 5.79. The van der Waals surface area contributed by atoms with E-state index in [0.29, 0.717) is 19.2 Å². The van der Waals surface area contributed by atoms with Crippen molar-refractivity contribution in [2.75, 3.05) is 36.6 Å². The molecular weight excluding hydrogens is 372 g/mol. The van der Waals surface area contributed by atoms with E-state index in [1.807, 2.05) is 25.4 Å². The van der Waals surface area contributed by atoms with Crippen molar-refractivity contribution >= 4 is 28.2 Å². The van der Waals surface area contributed by atoms with Crippen LogP contribution >= 0.6 is 0 Å². The molecule has 0 unspecified atom stereocenters. The summed E-state index contributed by atoms with van der Waals surface area (Å²) in [5.74, 6) is 1.60. The average molecular weight is 396 g/mol. The SMILES string of the molecule is CN(c1nccc(N2CCOC[C@@H]2c2ccccc2)n1)c1cccc2ccccc12. The van der Waals surface area contributed by atoms with E-state index in [2.05, 4.69) is 81.5 Å². The van der Waals surface area contributed by atoms with Gasteiger partial charge in [-0.2, -0.15) is 4.98 Å². The van der Waals surface area contributed by atoms with Gasteiger partial charge >= 0.3 is 0 Å². The Bertz CT molecular complexity index is 1140. The van der Waals surface area contributed by atoms with Crippen molar-refractivity contribution in [1.82, 2.24) is 9.97 Å². The van der Waals surface area contributed by atoms with Gasteiger partial charge in [0.05, 0.1) is 24.9 Å². The summed E-state index contributed by atoms with van der Waals surface area (Å²) in [4.78, 5) is 13.9. The zero-order valence-electron chi connectivity index (χ0n) is 17.0. The van der Waals surface area contributed by atoms with Gasteiger partial charge in [-0.25, -0.2) is 4.98 Å². The van der Waals surface area contributed by atoms with Gasteiger partial charge in [0.15, 0.2) is 0 Å². The number of nitrogens with zero attached hydrogens (tertiary/aromatic N) is 4. The molecule has 1 aromatic heterocycles. The summed E-state index contributed by atoms with van der Waals surface area (Å²) >= 11 is 0. The van der Waals surface area contributed by atoms with E-state index in [0.717, 1.165) is 18.1 Å². The van der Waals surface area contributed by atoms with Gasteiger partial charge in [-0.15, -0.1) is 0 Å². The van der Waals surface area contributed by atoms with E-state index in [1.165, 1.54) is 16.3 Å². The molecule has 5 heteroatoms. The number of benzene rings is 3. The number of fused-ring (bicyclic) bond motifs is 1. The van der Waals surface area contributed by atoms with Crippen LogP contribution in [-0.4, -0.2) is 36.8 Å². The highest BCUT2D eigenvalue weighted by Gasteiger charge is 2.26. The van der Waals surface area contributed by atoms with E-state index < -0.39 is 0 Å². The number of anilines is 3. The number of morpholine rings is 1. The normalized spacial score (nSPS) is 16.6. The fraction of sp³-hybridized carbons (Fsp3) is 0.200. The lowest BCUT2D eigenvalue weighted by molar-refractivity contribution is 0.0937. The maximum absolute atomic E-state index is 5.79. The molecule has 1 fully saturated rings. The van der Waals surface area contributed by atoms with Gasteiger partial charge in [-0.1, -0.05) is 66.7 Å². The summed E-state index contributed by atoms with van der Waals surface area (Å²) in [6.45, 7) is 2.15. The topological polar surface area (TPSA) is 41.5 Å². The van der Waals surface area contributed by atoms with Crippen LogP contribution in [0.1, 0.15) is 11.6 Å². The van der Waals surface area contributed by atoms with Crippen molar-refractivity contribution < 1.29 is 4.74 Å². The Morgan fingerprint density at radius 1 is 0.933 bits per heavy atom. The highest BCUT2D eigenvalue weighted by atomic mass is 16.5. The van der Waals surface area contributed by atoms with Crippen molar-refractivity contribution in [2.45, 2.75) is 6.04 Å². The maximum Gasteiger partial charge on any atom is 0.231 e. The van der Waals surface area contributed by atoms with Gasteiger partial charge in [0.25, 0.3) is 0 Å². The van der Waals surface area contributed by atoms with E-state index in [-0.39, 0.29) is 6.04 Å². The number of rotatable bonds is 4. The summed E-state index contributed by atoms with van der Waals surface area (Å²) in [6.07, 6.45) is 1.84. The Labute approximate surface area is 176 Å². The molecule has 4 aromatic rings. The summed E-state index contributed by atoms with van der Waals surface area (Å²) in [6, 6.07) is 27.3. The fourth-order valence-corrected chi connectivity index (χ4v) is 4.10. The van der Waals surface area contributed by atoms with Crippen LogP contribution < -0.4 is 9.80 Å². The van der Waals surface area contributed by atoms with Gasteiger partial charge in [0, 0.05) is 25.2 Å². The third kappa shape index (κ3) is 3.48. The Morgan fingerprint density at radius 2 is 1.73 bits per heavy atom. The van der Waals surface area contributed by atoms with Gasteiger partial charge in [0.2, 0.25) is 5.95 Å². The van der Waals surface area contributed by atoms with Crippen LogP contribution in [0.5, 0.6) is 0 Å². The lowest BCUT2D eigenvalue weighted by Gasteiger charge is -2.37. The molecule has 1 aliphatic heterocycles. The van der Waals surface area contributed by atoms with Crippen LogP contribution in [0.4, 0.5) is 17.5 Å². The Balaban J connectivity index is 1.50. The van der Waals surface area contributed by atoms with Gasteiger partial charge < -0.3 is 14.5 Å². The van der Waals surface area contributed by atoms with Crippen LogP contribution in [0.2, 0.25) is 0 Å². The molecule has 0 bridgehead atoms. The molecule has 5 nitrogen and oxygen atoms in total. The summed E-state index contributed by atoms with van der Waals surface area (Å²) < 4.78 is 5.79. The Kier molecular flexibility index (Phi) is 5.03. The smallest absolute Gasteiger partial charge is 0.231 e. The summed E-state index contributed by atoms with van der Waals surface area (Å²) in [5, 5.41) is 2.39. The Hall–Kier alpha value is -3.44. The molecule has 0 N–H and O–H groups in total. The summed E-state index contributed by atoms with van der Waals surface area (Å²) in [7, 11) is 2.02. The molecule has 0 aliphatic carbocycles. The molecule has 2 heterocycles. The molecule has 0 spiro atoms. The molecule has 0 saturated carbocycles. The first-order valence-electron chi connectivity index (χ1n) is 10.2. The number of hydrogen-bond donors (Lipinski definition) is 0. The highest BCUT2D eigenvalue weighted by molar-refractivity contribution is 5.95. The molecule has 1 saturated heterocycles. The third-order valence-corrected chi connectivity index (χ3v) is 5.66. The lowest BCUT2D eigenvalue weighted by atomic mass is 10.1. The predicted octanol–water partition coefficient (Wildman–Crippen LogP) is 4.98. The molecule has 150 valence electrons. The van der Waals surface area contributed by atoms with Gasteiger partial charge in [0.1, 0.15) is 5.82 Å². The van der Waals surface area contributed by atoms with Crippen LogP contribution in [0, 0.1) is 0 Å². The minimum atomic E-state index is 0.144. The molecule has 3 aromatic carbocycles. The first kappa shape index (κ1) is 18.6. The predicted molar refractivity (Wildman–Crippen MR) is 121 cm³/mol. The monoisotopic (exact) mass is 396 g/mol. The van der Waals surface area contributed by atoms with Crippen molar-refractivity contribution in [3.63, 3.8) is 0 Å². The van der Waals surface area contributed by atoms with E-state index in [4.69, 9.17) is 9.72 Å². The first-order chi connectivity index (χ1) is 14.8. The second kappa shape index (κ2) is 8.13. The van der Waals surface area contributed by atoms with Crippen LogP contribution in [0.25, 0.3) is 10.8 Å². The number of hydrogen-bond acceptors (Lipinski definition) is 5.